The van der Waals surface area contributed by atoms with Gasteiger partial charge in [-0.25, -0.2) is 9.67 Å². The standard InChI is InChI=1S/C7H12ClN3/c1-7(2,3)6-9-5-11(4-8)10-6/h5H,4H2,1-3H3. The number of alkyl halides is 1. The Hall–Kier alpha value is -0.570. The second kappa shape index (κ2) is 2.81. The molecule has 1 aromatic rings. The van der Waals surface area contributed by atoms with Crippen LogP contribution in [0.3, 0.4) is 0 Å². The molecule has 0 radical (unpaired) electrons. The highest BCUT2D eigenvalue weighted by Crippen LogP contribution is 2.16. The van der Waals surface area contributed by atoms with E-state index in [1.165, 1.54) is 0 Å². The topological polar surface area (TPSA) is 30.7 Å². The van der Waals surface area contributed by atoms with Gasteiger partial charge in [0.2, 0.25) is 0 Å². The molecule has 0 amide bonds. The van der Waals surface area contributed by atoms with Crippen molar-refractivity contribution in [3.05, 3.63) is 12.2 Å². The van der Waals surface area contributed by atoms with Gasteiger partial charge in [-0.1, -0.05) is 20.8 Å². The van der Waals surface area contributed by atoms with Gasteiger partial charge in [0.25, 0.3) is 0 Å². The van der Waals surface area contributed by atoms with Gasteiger partial charge in [0, 0.05) is 5.41 Å². The maximum Gasteiger partial charge on any atom is 0.155 e. The van der Waals surface area contributed by atoms with E-state index < -0.39 is 0 Å². The molecule has 0 N–H and O–H groups in total. The first-order valence-electron chi connectivity index (χ1n) is 3.50. The zero-order valence-electron chi connectivity index (χ0n) is 7.00. The number of nitrogens with zero attached hydrogens (tertiary/aromatic N) is 3. The van der Waals surface area contributed by atoms with Crippen LogP contribution in [0.2, 0.25) is 0 Å². The summed E-state index contributed by atoms with van der Waals surface area (Å²) in [4.78, 5) is 4.13. The van der Waals surface area contributed by atoms with Crippen LogP contribution in [0.15, 0.2) is 6.33 Å². The fourth-order valence-corrected chi connectivity index (χ4v) is 0.811. The zero-order chi connectivity index (χ0) is 8.48. The van der Waals surface area contributed by atoms with E-state index in [1.807, 2.05) is 0 Å². The van der Waals surface area contributed by atoms with Gasteiger partial charge in [0.05, 0.1) is 0 Å². The number of rotatable bonds is 1. The molecule has 0 spiro atoms. The summed E-state index contributed by atoms with van der Waals surface area (Å²) >= 11 is 5.55. The fourth-order valence-electron chi connectivity index (χ4n) is 0.696. The summed E-state index contributed by atoms with van der Waals surface area (Å²) in [6.45, 7) is 6.21. The van der Waals surface area contributed by atoms with E-state index in [-0.39, 0.29) is 5.41 Å². The largest absolute Gasteiger partial charge is 0.238 e. The van der Waals surface area contributed by atoms with Crippen molar-refractivity contribution in [1.29, 1.82) is 0 Å². The van der Waals surface area contributed by atoms with E-state index in [0.717, 1.165) is 5.82 Å². The van der Waals surface area contributed by atoms with Crippen molar-refractivity contribution < 1.29 is 0 Å². The Labute approximate surface area is 71.4 Å². The number of hydrogen-bond acceptors (Lipinski definition) is 2. The van der Waals surface area contributed by atoms with Crippen LogP contribution in [-0.4, -0.2) is 14.8 Å². The number of aromatic nitrogens is 3. The molecule has 3 nitrogen and oxygen atoms in total. The first kappa shape index (κ1) is 8.53. The second-order valence-corrected chi connectivity index (χ2v) is 3.72. The van der Waals surface area contributed by atoms with Gasteiger partial charge < -0.3 is 0 Å². The highest BCUT2D eigenvalue weighted by Gasteiger charge is 2.18. The van der Waals surface area contributed by atoms with Gasteiger partial charge in [0.15, 0.2) is 5.82 Å². The van der Waals surface area contributed by atoms with Gasteiger partial charge >= 0.3 is 0 Å². The molecule has 1 aromatic heterocycles. The summed E-state index contributed by atoms with van der Waals surface area (Å²) in [6, 6.07) is 0.364. The maximum absolute atomic E-state index is 5.55. The van der Waals surface area contributed by atoms with Crippen molar-refractivity contribution in [2.24, 2.45) is 0 Å². The van der Waals surface area contributed by atoms with E-state index in [1.54, 1.807) is 11.0 Å². The van der Waals surface area contributed by atoms with E-state index in [2.05, 4.69) is 30.9 Å². The van der Waals surface area contributed by atoms with Crippen LogP contribution >= 0.6 is 11.6 Å². The number of hydrogen-bond donors (Lipinski definition) is 0. The summed E-state index contributed by atoms with van der Waals surface area (Å²) in [6.07, 6.45) is 1.65. The van der Waals surface area contributed by atoms with E-state index in [4.69, 9.17) is 11.6 Å². The van der Waals surface area contributed by atoms with E-state index >= 15 is 0 Å². The lowest BCUT2D eigenvalue weighted by Gasteiger charge is -2.11. The SMILES string of the molecule is CC(C)(C)c1ncn(CCl)n1. The molecule has 0 aliphatic carbocycles. The van der Waals surface area contributed by atoms with Crippen LogP contribution in [0.1, 0.15) is 26.6 Å². The summed E-state index contributed by atoms with van der Waals surface area (Å²) in [5, 5.41) is 4.17. The maximum atomic E-state index is 5.55. The molecule has 0 aliphatic rings. The predicted octanol–water partition coefficient (Wildman–Crippen LogP) is 1.77. The first-order valence-corrected chi connectivity index (χ1v) is 4.03. The molecule has 0 bridgehead atoms. The Morgan fingerprint density at radius 3 is 2.45 bits per heavy atom. The van der Waals surface area contributed by atoms with Crippen molar-refractivity contribution >= 4 is 11.6 Å². The average molecular weight is 174 g/mol. The monoisotopic (exact) mass is 173 g/mol. The van der Waals surface area contributed by atoms with Gasteiger partial charge in [0.1, 0.15) is 12.3 Å². The molecule has 4 heteroatoms. The molecule has 11 heavy (non-hydrogen) atoms. The molecule has 0 aromatic carbocycles. The van der Waals surface area contributed by atoms with Gasteiger partial charge in [-0.3, -0.25) is 0 Å². The van der Waals surface area contributed by atoms with Crippen LogP contribution in [0.4, 0.5) is 0 Å². The van der Waals surface area contributed by atoms with Crippen molar-refractivity contribution in [2.75, 3.05) is 0 Å². The normalized spacial score (nSPS) is 12.0. The van der Waals surface area contributed by atoms with Crippen molar-refractivity contribution in [3.63, 3.8) is 0 Å². The molecule has 0 atom stereocenters. The first-order chi connectivity index (χ1) is 5.04. The molecular formula is C7H12ClN3. The minimum absolute atomic E-state index is 0.0112. The third kappa shape index (κ3) is 1.93. The van der Waals surface area contributed by atoms with Crippen molar-refractivity contribution in [3.8, 4) is 0 Å². The molecule has 1 rings (SSSR count). The zero-order valence-corrected chi connectivity index (χ0v) is 7.76. The van der Waals surface area contributed by atoms with Gasteiger partial charge in [-0.15, -0.1) is 11.6 Å². The lowest BCUT2D eigenvalue weighted by molar-refractivity contribution is 0.537. The van der Waals surface area contributed by atoms with E-state index in [0.29, 0.717) is 6.00 Å². The Morgan fingerprint density at radius 2 is 2.18 bits per heavy atom. The summed E-state index contributed by atoms with van der Waals surface area (Å²) in [5.74, 6) is 0.832. The molecular weight excluding hydrogens is 162 g/mol. The minimum atomic E-state index is 0.0112. The van der Waals surface area contributed by atoms with Crippen LogP contribution in [0, 0.1) is 0 Å². The van der Waals surface area contributed by atoms with Gasteiger partial charge in [-0.05, 0) is 0 Å². The van der Waals surface area contributed by atoms with Crippen LogP contribution in [-0.2, 0) is 11.4 Å². The molecule has 0 saturated carbocycles. The molecule has 62 valence electrons. The molecule has 0 aliphatic heterocycles. The quantitative estimate of drug-likeness (QED) is 0.606. The third-order valence-electron chi connectivity index (χ3n) is 1.33. The molecule has 1 heterocycles. The summed E-state index contributed by atoms with van der Waals surface area (Å²) in [5.41, 5.74) is 0.0112. The summed E-state index contributed by atoms with van der Waals surface area (Å²) < 4.78 is 1.61. The van der Waals surface area contributed by atoms with E-state index in [9.17, 15) is 0 Å². The van der Waals surface area contributed by atoms with Crippen LogP contribution < -0.4 is 0 Å². The highest BCUT2D eigenvalue weighted by molar-refractivity contribution is 6.15. The average Bonchev–Trinajstić information content (AvgIpc) is 2.32. The molecule has 0 saturated heterocycles. The van der Waals surface area contributed by atoms with Crippen LogP contribution in [0.5, 0.6) is 0 Å². The lowest BCUT2D eigenvalue weighted by Crippen LogP contribution is -2.14. The minimum Gasteiger partial charge on any atom is -0.238 e. The fraction of sp³-hybridized carbons (Fsp3) is 0.714. The predicted molar refractivity (Wildman–Crippen MR) is 44.6 cm³/mol. The number of halogens is 1. The van der Waals surface area contributed by atoms with Gasteiger partial charge in [-0.2, -0.15) is 5.10 Å². The third-order valence-corrected chi connectivity index (χ3v) is 1.57. The second-order valence-electron chi connectivity index (χ2n) is 3.48. The van der Waals surface area contributed by atoms with Crippen molar-refractivity contribution in [2.45, 2.75) is 32.2 Å². The Kier molecular flexibility index (Phi) is 2.18. The van der Waals surface area contributed by atoms with Crippen molar-refractivity contribution in [1.82, 2.24) is 14.8 Å². The molecule has 0 unspecified atom stereocenters. The summed E-state index contributed by atoms with van der Waals surface area (Å²) in [7, 11) is 0. The lowest BCUT2D eigenvalue weighted by atomic mass is 9.96. The highest BCUT2D eigenvalue weighted by atomic mass is 35.5. The Bertz CT molecular complexity index is 236. The smallest absolute Gasteiger partial charge is 0.155 e. The Balaban J connectivity index is 2.89. The Morgan fingerprint density at radius 1 is 1.55 bits per heavy atom. The molecule has 0 fully saturated rings. The van der Waals surface area contributed by atoms with Crippen LogP contribution in [0.25, 0.3) is 0 Å².